The number of nitrogen functional groups attached to an aromatic ring is 1. The van der Waals surface area contributed by atoms with Crippen LogP contribution in [0.25, 0.3) is 0 Å². The zero-order valence-electron chi connectivity index (χ0n) is 11.8. The molecular formula is C16H18N2O3. The van der Waals surface area contributed by atoms with Crippen molar-refractivity contribution in [1.82, 2.24) is 0 Å². The second-order valence-corrected chi connectivity index (χ2v) is 4.26. The molecule has 5 nitrogen and oxygen atoms in total. The molecule has 21 heavy (non-hydrogen) atoms. The molecule has 0 spiro atoms. The van der Waals surface area contributed by atoms with Crippen LogP contribution in [0.1, 0.15) is 5.56 Å². The molecule has 2 aromatic carbocycles. The van der Waals surface area contributed by atoms with Crippen LogP contribution in [-0.2, 0) is 0 Å². The van der Waals surface area contributed by atoms with Crippen molar-refractivity contribution in [2.45, 2.75) is 0 Å². The molecule has 0 fully saturated rings. The Bertz CT molecular complexity index is 600. The van der Waals surface area contributed by atoms with Crippen LogP contribution in [0.15, 0.2) is 48.5 Å². The summed E-state index contributed by atoms with van der Waals surface area (Å²) < 4.78 is 16.5. The third-order valence-corrected chi connectivity index (χ3v) is 2.83. The molecule has 0 saturated heterocycles. The van der Waals surface area contributed by atoms with Crippen molar-refractivity contribution in [3.63, 3.8) is 0 Å². The summed E-state index contributed by atoms with van der Waals surface area (Å²) >= 11 is 0. The first-order valence-corrected chi connectivity index (χ1v) is 6.54. The zero-order valence-corrected chi connectivity index (χ0v) is 11.8. The van der Waals surface area contributed by atoms with Crippen molar-refractivity contribution in [3.8, 4) is 17.2 Å². The van der Waals surface area contributed by atoms with E-state index in [0.29, 0.717) is 30.3 Å². The van der Waals surface area contributed by atoms with Crippen LogP contribution in [0.2, 0.25) is 0 Å². The molecule has 0 radical (unpaired) electrons. The van der Waals surface area contributed by atoms with E-state index in [1.54, 1.807) is 25.3 Å². The Morgan fingerprint density at radius 2 is 1.71 bits per heavy atom. The molecule has 0 amide bonds. The minimum absolute atomic E-state index is 0.0622. The minimum atomic E-state index is -0.0622. The molecule has 110 valence electrons. The van der Waals surface area contributed by atoms with Gasteiger partial charge in [-0.15, -0.1) is 0 Å². The molecule has 2 aromatic rings. The Morgan fingerprint density at radius 3 is 2.38 bits per heavy atom. The summed E-state index contributed by atoms with van der Waals surface area (Å²) in [7, 11) is 1.55. The fourth-order valence-electron chi connectivity index (χ4n) is 1.86. The molecule has 0 unspecified atom stereocenters. The molecule has 3 N–H and O–H groups in total. The van der Waals surface area contributed by atoms with E-state index < -0.39 is 0 Å². The quantitative estimate of drug-likeness (QED) is 0.465. The standard InChI is InChI=1S/C16H18N2O3/c1-19-14-9-5-8-13(16(17)18)15(14)21-11-10-20-12-6-3-2-4-7-12/h2-9H,10-11H2,1H3,(H3,17,18). The van der Waals surface area contributed by atoms with Crippen LogP contribution in [0.3, 0.4) is 0 Å². The number of nitrogens with one attached hydrogen (secondary N) is 1. The molecule has 0 bridgehead atoms. The monoisotopic (exact) mass is 286 g/mol. The number of rotatable bonds is 7. The second kappa shape index (κ2) is 7.19. The van der Waals surface area contributed by atoms with Gasteiger partial charge in [-0.05, 0) is 24.3 Å². The van der Waals surface area contributed by atoms with E-state index in [1.807, 2.05) is 30.3 Å². The van der Waals surface area contributed by atoms with Crippen LogP contribution >= 0.6 is 0 Å². The summed E-state index contributed by atoms with van der Waals surface area (Å²) in [6.07, 6.45) is 0. The van der Waals surface area contributed by atoms with Gasteiger partial charge in [0.05, 0.1) is 12.7 Å². The molecule has 5 heteroatoms. The normalized spacial score (nSPS) is 9.95. The van der Waals surface area contributed by atoms with Crippen LogP contribution in [0.5, 0.6) is 17.2 Å². The second-order valence-electron chi connectivity index (χ2n) is 4.26. The number of amidine groups is 1. The fraction of sp³-hybridized carbons (Fsp3) is 0.188. The van der Waals surface area contributed by atoms with Gasteiger partial charge in [0.15, 0.2) is 11.5 Å². The summed E-state index contributed by atoms with van der Waals surface area (Å²) in [5.74, 6) is 1.73. The van der Waals surface area contributed by atoms with Gasteiger partial charge >= 0.3 is 0 Å². The van der Waals surface area contributed by atoms with Crippen LogP contribution in [-0.4, -0.2) is 26.2 Å². The highest BCUT2D eigenvalue weighted by Crippen LogP contribution is 2.30. The number of nitrogens with two attached hydrogens (primary N) is 1. The van der Waals surface area contributed by atoms with Crippen molar-refractivity contribution in [2.75, 3.05) is 20.3 Å². The lowest BCUT2D eigenvalue weighted by Gasteiger charge is -2.14. The Morgan fingerprint density at radius 1 is 1.00 bits per heavy atom. The van der Waals surface area contributed by atoms with Gasteiger partial charge in [0.25, 0.3) is 0 Å². The van der Waals surface area contributed by atoms with Gasteiger partial charge in [-0.25, -0.2) is 0 Å². The van der Waals surface area contributed by atoms with Crippen molar-refractivity contribution < 1.29 is 14.2 Å². The third kappa shape index (κ3) is 3.89. The van der Waals surface area contributed by atoms with Gasteiger partial charge in [-0.1, -0.05) is 24.3 Å². The summed E-state index contributed by atoms with van der Waals surface area (Å²) in [4.78, 5) is 0. The van der Waals surface area contributed by atoms with E-state index in [1.165, 1.54) is 0 Å². The maximum absolute atomic E-state index is 7.57. The largest absolute Gasteiger partial charge is 0.493 e. The Hall–Kier alpha value is -2.69. The van der Waals surface area contributed by atoms with Gasteiger partial charge in [0.1, 0.15) is 24.8 Å². The third-order valence-electron chi connectivity index (χ3n) is 2.83. The fourth-order valence-corrected chi connectivity index (χ4v) is 1.86. The van der Waals surface area contributed by atoms with Crippen molar-refractivity contribution in [1.29, 1.82) is 5.41 Å². The highest BCUT2D eigenvalue weighted by molar-refractivity contribution is 5.98. The Kier molecular flexibility index (Phi) is 5.04. The van der Waals surface area contributed by atoms with Gasteiger partial charge in [0.2, 0.25) is 0 Å². The highest BCUT2D eigenvalue weighted by atomic mass is 16.5. The van der Waals surface area contributed by atoms with Crippen LogP contribution < -0.4 is 19.9 Å². The number of para-hydroxylation sites is 2. The zero-order chi connectivity index (χ0) is 15.1. The maximum atomic E-state index is 7.57. The van der Waals surface area contributed by atoms with E-state index >= 15 is 0 Å². The van der Waals surface area contributed by atoms with Gasteiger partial charge < -0.3 is 19.9 Å². The Balaban J connectivity index is 1.98. The van der Waals surface area contributed by atoms with E-state index in [4.69, 9.17) is 25.4 Å². The molecule has 0 aliphatic heterocycles. The predicted molar refractivity (Wildman–Crippen MR) is 81.4 cm³/mol. The van der Waals surface area contributed by atoms with E-state index in [-0.39, 0.29) is 5.84 Å². The minimum Gasteiger partial charge on any atom is -0.493 e. The average Bonchev–Trinajstić information content (AvgIpc) is 2.52. The van der Waals surface area contributed by atoms with Gasteiger partial charge in [-0.2, -0.15) is 0 Å². The predicted octanol–water partition coefficient (Wildman–Crippen LogP) is 2.44. The van der Waals surface area contributed by atoms with Crippen LogP contribution in [0, 0.1) is 5.41 Å². The first-order chi connectivity index (χ1) is 10.2. The number of hydrogen-bond donors (Lipinski definition) is 2. The first-order valence-electron chi connectivity index (χ1n) is 6.54. The lowest BCUT2D eigenvalue weighted by Crippen LogP contribution is -2.16. The molecule has 0 heterocycles. The van der Waals surface area contributed by atoms with E-state index in [9.17, 15) is 0 Å². The van der Waals surface area contributed by atoms with E-state index in [2.05, 4.69) is 0 Å². The summed E-state index contributed by atoms with van der Waals surface area (Å²) in [6, 6.07) is 14.8. The molecule has 0 aliphatic rings. The Labute approximate surface area is 123 Å². The number of hydrogen-bond acceptors (Lipinski definition) is 4. The van der Waals surface area contributed by atoms with E-state index in [0.717, 1.165) is 5.75 Å². The SMILES string of the molecule is COc1cccc(C(=N)N)c1OCCOc1ccccc1. The number of benzene rings is 2. The van der Waals surface area contributed by atoms with Crippen molar-refractivity contribution >= 4 is 5.84 Å². The van der Waals surface area contributed by atoms with Gasteiger partial charge in [-0.3, -0.25) is 5.41 Å². The molecule has 0 atom stereocenters. The summed E-state index contributed by atoms with van der Waals surface area (Å²) in [6.45, 7) is 0.717. The molecule has 0 saturated carbocycles. The van der Waals surface area contributed by atoms with Crippen molar-refractivity contribution in [2.24, 2.45) is 5.73 Å². The van der Waals surface area contributed by atoms with Crippen molar-refractivity contribution in [3.05, 3.63) is 54.1 Å². The van der Waals surface area contributed by atoms with Crippen LogP contribution in [0.4, 0.5) is 0 Å². The maximum Gasteiger partial charge on any atom is 0.172 e. The molecule has 0 aliphatic carbocycles. The lowest BCUT2D eigenvalue weighted by molar-refractivity contribution is 0.211. The smallest absolute Gasteiger partial charge is 0.172 e. The lowest BCUT2D eigenvalue weighted by atomic mass is 10.1. The first kappa shape index (κ1) is 14.7. The molecule has 2 rings (SSSR count). The highest BCUT2D eigenvalue weighted by Gasteiger charge is 2.12. The average molecular weight is 286 g/mol. The number of ether oxygens (including phenoxy) is 3. The van der Waals surface area contributed by atoms with Gasteiger partial charge in [0, 0.05) is 0 Å². The molecular weight excluding hydrogens is 268 g/mol. The summed E-state index contributed by atoms with van der Waals surface area (Å²) in [5, 5.41) is 7.57. The number of methoxy groups -OCH3 is 1. The summed E-state index contributed by atoms with van der Waals surface area (Å²) in [5.41, 5.74) is 6.06. The topological polar surface area (TPSA) is 77.6 Å². The molecule has 0 aromatic heterocycles.